The first-order chi connectivity index (χ1) is 9.99. The second-order valence-corrected chi connectivity index (χ2v) is 5.31. The summed E-state index contributed by atoms with van der Waals surface area (Å²) in [5.74, 6) is -0.499. The number of halogens is 1. The maximum absolute atomic E-state index is 13.2. The molecule has 21 heavy (non-hydrogen) atoms. The number of rotatable bonds is 4. The lowest BCUT2D eigenvalue weighted by molar-refractivity contribution is -0.117. The summed E-state index contributed by atoms with van der Waals surface area (Å²) in [7, 11) is 0. The molecule has 1 aromatic carbocycles. The Hall–Kier alpha value is -2.11. The average molecular weight is 293 g/mol. The van der Waals surface area contributed by atoms with Crippen molar-refractivity contribution in [2.75, 3.05) is 11.4 Å². The Morgan fingerprint density at radius 3 is 2.95 bits per heavy atom. The van der Waals surface area contributed by atoms with Crippen molar-refractivity contribution in [3.63, 3.8) is 0 Å². The molecule has 1 heterocycles. The van der Waals surface area contributed by atoms with Gasteiger partial charge in [-0.05, 0) is 31.5 Å². The summed E-state index contributed by atoms with van der Waals surface area (Å²) >= 11 is 0. The number of anilines is 1. The number of nitrogens with one attached hydrogen (secondary N) is 2. The fourth-order valence-corrected chi connectivity index (χ4v) is 2.25. The molecule has 0 aromatic heterocycles. The van der Waals surface area contributed by atoms with Crippen molar-refractivity contribution in [1.82, 2.24) is 10.6 Å². The number of benzene rings is 1. The Labute approximate surface area is 123 Å². The van der Waals surface area contributed by atoms with Gasteiger partial charge in [0.15, 0.2) is 0 Å². The quantitative estimate of drug-likeness (QED) is 0.892. The van der Waals surface area contributed by atoms with Crippen LogP contribution < -0.4 is 15.5 Å². The normalized spacial score (nSPS) is 19.5. The molecule has 0 radical (unpaired) electrons. The molecule has 2 atom stereocenters. The molecule has 0 bridgehead atoms. The SMILES string of the molecule is CC[C@@H](C)NC(=O)N[C@H]1CC(=O)N(c2cccc(F)c2)C1. The molecule has 0 aliphatic carbocycles. The van der Waals surface area contributed by atoms with Gasteiger partial charge in [-0.2, -0.15) is 0 Å². The van der Waals surface area contributed by atoms with Crippen LogP contribution in [0.25, 0.3) is 0 Å². The zero-order chi connectivity index (χ0) is 15.4. The summed E-state index contributed by atoms with van der Waals surface area (Å²) in [6, 6.07) is 5.45. The lowest BCUT2D eigenvalue weighted by Crippen LogP contribution is -2.46. The van der Waals surface area contributed by atoms with Crippen LogP contribution in [-0.4, -0.2) is 30.6 Å². The van der Waals surface area contributed by atoms with Crippen LogP contribution in [0.2, 0.25) is 0 Å². The summed E-state index contributed by atoms with van der Waals surface area (Å²) in [6.45, 7) is 4.25. The van der Waals surface area contributed by atoms with E-state index in [1.807, 2.05) is 13.8 Å². The van der Waals surface area contributed by atoms with Gasteiger partial charge in [-0.15, -0.1) is 0 Å². The first kappa shape index (κ1) is 15.3. The molecule has 114 valence electrons. The van der Waals surface area contributed by atoms with Gasteiger partial charge < -0.3 is 15.5 Å². The van der Waals surface area contributed by atoms with Crippen molar-refractivity contribution in [1.29, 1.82) is 0 Å². The highest BCUT2D eigenvalue weighted by Crippen LogP contribution is 2.22. The zero-order valence-corrected chi connectivity index (χ0v) is 12.2. The van der Waals surface area contributed by atoms with Crippen LogP contribution in [0.1, 0.15) is 26.7 Å². The van der Waals surface area contributed by atoms with Crippen LogP contribution in [0, 0.1) is 5.82 Å². The summed E-state index contributed by atoms with van der Waals surface area (Å²) in [4.78, 5) is 25.2. The molecule has 1 fully saturated rings. The van der Waals surface area contributed by atoms with Gasteiger partial charge in [0.05, 0.1) is 6.04 Å². The second-order valence-electron chi connectivity index (χ2n) is 5.31. The van der Waals surface area contributed by atoms with Crippen molar-refractivity contribution in [3.05, 3.63) is 30.1 Å². The highest BCUT2D eigenvalue weighted by atomic mass is 19.1. The molecular formula is C15H20FN3O2. The number of urea groups is 1. The molecule has 2 N–H and O–H groups in total. The summed E-state index contributed by atoms with van der Waals surface area (Å²) in [6.07, 6.45) is 1.07. The van der Waals surface area contributed by atoms with E-state index >= 15 is 0 Å². The predicted octanol–water partition coefficient (Wildman–Crippen LogP) is 2.03. The van der Waals surface area contributed by atoms with Crippen LogP contribution in [0.5, 0.6) is 0 Å². The summed E-state index contributed by atoms with van der Waals surface area (Å²) < 4.78 is 13.2. The molecule has 5 nitrogen and oxygen atoms in total. The molecule has 0 spiro atoms. The minimum atomic E-state index is -0.383. The zero-order valence-electron chi connectivity index (χ0n) is 12.2. The third-order valence-electron chi connectivity index (χ3n) is 3.57. The number of hydrogen-bond acceptors (Lipinski definition) is 2. The fourth-order valence-electron chi connectivity index (χ4n) is 2.25. The van der Waals surface area contributed by atoms with Crippen LogP contribution in [0.4, 0.5) is 14.9 Å². The Morgan fingerprint density at radius 2 is 2.29 bits per heavy atom. The van der Waals surface area contributed by atoms with Crippen LogP contribution in [0.15, 0.2) is 24.3 Å². The Kier molecular flexibility index (Phi) is 4.77. The van der Waals surface area contributed by atoms with E-state index in [1.54, 1.807) is 12.1 Å². The number of nitrogens with zero attached hydrogens (tertiary/aromatic N) is 1. The second kappa shape index (κ2) is 6.56. The van der Waals surface area contributed by atoms with Gasteiger partial charge in [-0.25, -0.2) is 9.18 Å². The first-order valence-electron chi connectivity index (χ1n) is 7.12. The largest absolute Gasteiger partial charge is 0.336 e. The van der Waals surface area contributed by atoms with E-state index in [1.165, 1.54) is 17.0 Å². The fraction of sp³-hybridized carbons (Fsp3) is 0.467. The first-order valence-corrected chi connectivity index (χ1v) is 7.12. The Bertz CT molecular complexity index is 535. The topological polar surface area (TPSA) is 61.4 Å². The Balaban J connectivity index is 1.95. The molecule has 2 rings (SSSR count). The third kappa shape index (κ3) is 3.93. The molecule has 1 aliphatic rings. The van der Waals surface area contributed by atoms with Crippen molar-refractivity contribution in [2.24, 2.45) is 0 Å². The van der Waals surface area contributed by atoms with Gasteiger partial charge in [0, 0.05) is 24.7 Å². The Morgan fingerprint density at radius 1 is 1.52 bits per heavy atom. The number of carbonyl (C=O) groups is 2. The lowest BCUT2D eigenvalue weighted by Gasteiger charge is -2.18. The van der Waals surface area contributed by atoms with E-state index in [-0.39, 0.29) is 36.3 Å². The predicted molar refractivity (Wildman–Crippen MR) is 78.6 cm³/mol. The maximum Gasteiger partial charge on any atom is 0.315 e. The van der Waals surface area contributed by atoms with Crippen LogP contribution >= 0.6 is 0 Å². The van der Waals surface area contributed by atoms with E-state index < -0.39 is 0 Å². The van der Waals surface area contributed by atoms with Gasteiger partial charge in [-0.1, -0.05) is 13.0 Å². The van der Waals surface area contributed by atoms with Gasteiger partial charge in [0.1, 0.15) is 5.82 Å². The smallest absolute Gasteiger partial charge is 0.315 e. The molecule has 1 saturated heterocycles. The van der Waals surface area contributed by atoms with Crippen molar-refractivity contribution in [3.8, 4) is 0 Å². The van der Waals surface area contributed by atoms with Crippen LogP contribution in [-0.2, 0) is 4.79 Å². The minimum absolute atomic E-state index is 0.0847. The summed E-state index contributed by atoms with van der Waals surface area (Å²) in [5.41, 5.74) is 0.520. The summed E-state index contributed by atoms with van der Waals surface area (Å²) in [5, 5.41) is 5.58. The third-order valence-corrected chi connectivity index (χ3v) is 3.57. The van der Waals surface area contributed by atoms with Gasteiger partial charge in [0.25, 0.3) is 0 Å². The molecular weight excluding hydrogens is 273 g/mol. The lowest BCUT2D eigenvalue weighted by atomic mass is 10.2. The molecule has 0 saturated carbocycles. The van der Waals surface area contributed by atoms with E-state index in [2.05, 4.69) is 10.6 Å². The monoisotopic (exact) mass is 293 g/mol. The van der Waals surface area contributed by atoms with Gasteiger partial charge in [-0.3, -0.25) is 4.79 Å². The number of amides is 3. The standard InChI is InChI=1S/C15H20FN3O2/c1-3-10(2)17-15(21)18-12-8-14(20)19(9-12)13-6-4-5-11(16)7-13/h4-7,10,12H,3,8-9H2,1-2H3,(H2,17,18,21)/t10-,12+/m1/s1. The molecule has 6 heteroatoms. The average Bonchev–Trinajstić information content (AvgIpc) is 2.79. The maximum atomic E-state index is 13.2. The van der Waals surface area contributed by atoms with Crippen molar-refractivity contribution < 1.29 is 14.0 Å². The van der Waals surface area contributed by atoms with E-state index in [9.17, 15) is 14.0 Å². The van der Waals surface area contributed by atoms with Crippen LogP contribution in [0.3, 0.4) is 0 Å². The van der Waals surface area contributed by atoms with Crippen molar-refractivity contribution in [2.45, 2.75) is 38.8 Å². The minimum Gasteiger partial charge on any atom is -0.336 e. The van der Waals surface area contributed by atoms with E-state index in [0.717, 1.165) is 6.42 Å². The van der Waals surface area contributed by atoms with E-state index in [0.29, 0.717) is 12.2 Å². The van der Waals surface area contributed by atoms with Gasteiger partial charge in [0.2, 0.25) is 5.91 Å². The van der Waals surface area contributed by atoms with Crippen molar-refractivity contribution >= 4 is 17.6 Å². The molecule has 0 unspecified atom stereocenters. The van der Waals surface area contributed by atoms with E-state index in [4.69, 9.17) is 0 Å². The molecule has 1 aliphatic heterocycles. The molecule has 3 amide bonds. The highest BCUT2D eigenvalue weighted by molar-refractivity contribution is 5.96. The number of carbonyl (C=O) groups excluding carboxylic acids is 2. The highest BCUT2D eigenvalue weighted by Gasteiger charge is 2.31. The molecule has 1 aromatic rings. The van der Waals surface area contributed by atoms with Gasteiger partial charge >= 0.3 is 6.03 Å². The number of hydrogen-bond donors (Lipinski definition) is 2.